The molecule has 2 aromatic rings. The summed E-state index contributed by atoms with van der Waals surface area (Å²) in [6, 6.07) is 4.36. The maximum Gasteiger partial charge on any atom is 0.146 e. The Morgan fingerprint density at radius 1 is 1.31 bits per heavy atom. The Balaban J connectivity index is 2.83. The smallest absolute Gasteiger partial charge is 0.146 e. The van der Waals surface area contributed by atoms with Crippen molar-refractivity contribution in [3.05, 3.63) is 34.7 Å². The Bertz CT molecular complexity index is 450. The summed E-state index contributed by atoms with van der Waals surface area (Å²) in [5.41, 5.74) is 0. The van der Waals surface area contributed by atoms with Crippen LogP contribution in [0, 0.1) is 11.6 Å². The highest BCUT2D eigenvalue weighted by atomic mass is 35.5. The summed E-state index contributed by atoms with van der Waals surface area (Å²) in [5, 5.41) is 0.320. The van der Waals surface area contributed by atoms with E-state index in [2.05, 4.69) is 0 Å². The van der Waals surface area contributed by atoms with Gasteiger partial charge in [-0.3, -0.25) is 0 Å². The van der Waals surface area contributed by atoms with E-state index in [-0.39, 0.29) is 5.88 Å². The van der Waals surface area contributed by atoms with Crippen LogP contribution in [-0.4, -0.2) is 0 Å². The minimum absolute atomic E-state index is 0.0879. The lowest BCUT2D eigenvalue weighted by molar-refractivity contribution is 0.630. The van der Waals surface area contributed by atoms with Gasteiger partial charge < -0.3 is 0 Å². The molecular weight excluding hydrogens is 214 g/mol. The summed E-state index contributed by atoms with van der Waals surface area (Å²) in [4.78, 5) is 0.391. The first-order valence-corrected chi connectivity index (χ1v) is 5.00. The molecule has 0 saturated carbocycles. The van der Waals surface area contributed by atoms with Gasteiger partial charge in [0, 0.05) is 5.39 Å². The van der Waals surface area contributed by atoms with Crippen LogP contribution in [0.15, 0.2) is 18.2 Å². The van der Waals surface area contributed by atoms with E-state index < -0.39 is 11.6 Å². The summed E-state index contributed by atoms with van der Waals surface area (Å²) < 4.78 is 26.8. The first kappa shape index (κ1) is 8.91. The molecule has 0 amide bonds. The van der Waals surface area contributed by atoms with Crippen molar-refractivity contribution >= 4 is 33.0 Å². The van der Waals surface area contributed by atoms with Gasteiger partial charge in [-0.15, -0.1) is 22.9 Å². The number of alkyl halides is 1. The zero-order valence-corrected chi connectivity index (χ0v) is 8.05. The average Bonchev–Trinajstić information content (AvgIpc) is 2.45. The van der Waals surface area contributed by atoms with Gasteiger partial charge in [0.15, 0.2) is 0 Å². The fraction of sp³-hybridized carbons (Fsp3) is 0.111. The van der Waals surface area contributed by atoms with Gasteiger partial charge in [0.25, 0.3) is 0 Å². The zero-order valence-electron chi connectivity index (χ0n) is 6.48. The van der Waals surface area contributed by atoms with E-state index in [4.69, 9.17) is 11.6 Å². The molecular formula is C9H5ClF2S. The SMILES string of the molecule is Fc1c(CCl)sc2c(F)cccc12. The van der Waals surface area contributed by atoms with Crippen molar-refractivity contribution in [2.45, 2.75) is 5.88 Å². The molecule has 0 aliphatic carbocycles. The monoisotopic (exact) mass is 218 g/mol. The van der Waals surface area contributed by atoms with Crippen molar-refractivity contribution in [2.75, 3.05) is 0 Å². The molecule has 4 heteroatoms. The number of hydrogen-bond acceptors (Lipinski definition) is 1. The van der Waals surface area contributed by atoms with Gasteiger partial charge in [-0.2, -0.15) is 0 Å². The summed E-state index contributed by atoms with van der Waals surface area (Å²) in [7, 11) is 0. The lowest BCUT2D eigenvalue weighted by Crippen LogP contribution is -1.76. The number of halogens is 3. The van der Waals surface area contributed by atoms with Gasteiger partial charge in [-0.1, -0.05) is 12.1 Å². The molecule has 1 aromatic heterocycles. The van der Waals surface area contributed by atoms with Crippen molar-refractivity contribution in [3.8, 4) is 0 Å². The van der Waals surface area contributed by atoms with Gasteiger partial charge in [0.2, 0.25) is 0 Å². The number of thiophene rings is 1. The van der Waals surface area contributed by atoms with Crippen LogP contribution in [0.1, 0.15) is 4.88 Å². The standard InChI is InChI=1S/C9H5ClF2S/c10-4-7-8(12)5-2-1-3-6(11)9(5)13-7/h1-3H,4H2. The third-order valence-electron chi connectivity index (χ3n) is 1.79. The Kier molecular flexibility index (Phi) is 2.22. The van der Waals surface area contributed by atoms with Crippen molar-refractivity contribution in [1.82, 2.24) is 0 Å². The fourth-order valence-electron chi connectivity index (χ4n) is 1.19. The van der Waals surface area contributed by atoms with Crippen molar-refractivity contribution < 1.29 is 8.78 Å². The Morgan fingerprint density at radius 2 is 2.08 bits per heavy atom. The topological polar surface area (TPSA) is 0 Å². The number of fused-ring (bicyclic) bond motifs is 1. The average molecular weight is 219 g/mol. The third kappa shape index (κ3) is 1.32. The van der Waals surface area contributed by atoms with Crippen LogP contribution in [0.5, 0.6) is 0 Å². The molecule has 0 spiro atoms. The third-order valence-corrected chi connectivity index (χ3v) is 3.41. The van der Waals surface area contributed by atoms with Gasteiger partial charge >= 0.3 is 0 Å². The highest BCUT2D eigenvalue weighted by Crippen LogP contribution is 2.32. The quantitative estimate of drug-likeness (QED) is 0.637. The van der Waals surface area contributed by atoms with Crippen LogP contribution < -0.4 is 0 Å². The molecule has 0 atom stereocenters. The van der Waals surface area contributed by atoms with Gasteiger partial charge in [-0.25, -0.2) is 8.78 Å². The summed E-state index contributed by atoms with van der Waals surface area (Å²) in [6.07, 6.45) is 0. The molecule has 0 bridgehead atoms. The molecule has 2 rings (SSSR count). The molecule has 0 aliphatic heterocycles. The second-order valence-corrected chi connectivity index (χ2v) is 3.96. The minimum Gasteiger partial charge on any atom is -0.205 e. The minimum atomic E-state index is -0.394. The van der Waals surface area contributed by atoms with E-state index in [0.717, 1.165) is 11.3 Å². The van der Waals surface area contributed by atoms with Crippen LogP contribution in [0.25, 0.3) is 10.1 Å². The van der Waals surface area contributed by atoms with Crippen molar-refractivity contribution in [3.63, 3.8) is 0 Å². The normalized spacial score (nSPS) is 11.0. The predicted octanol–water partition coefficient (Wildman–Crippen LogP) is 3.92. The van der Waals surface area contributed by atoms with Crippen LogP contribution in [0.2, 0.25) is 0 Å². The molecule has 0 N–H and O–H groups in total. The summed E-state index contributed by atoms with van der Waals surface area (Å²) >= 11 is 6.57. The first-order valence-electron chi connectivity index (χ1n) is 3.65. The first-order chi connectivity index (χ1) is 6.24. The lowest BCUT2D eigenvalue weighted by Gasteiger charge is -1.89. The second kappa shape index (κ2) is 3.24. The maximum absolute atomic E-state index is 13.4. The van der Waals surface area contributed by atoms with E-state index in [0.29, 0.717) is 15.0 Å². The largest absolute Gasteiger partial charge is 0.205 e. The summed E-state index contributed by atoms with van der Waals surface area (Å²) in [6.45, 7) is 0. The molecule has 1 heterocycles. The molecule has 13 heavy (non-hydrogen) atoms. The van der Waals surface area contributed by atoms with Crippen molar-refractivity contribution in [1.29, 1.82) is 0 Å². The lowest BCUT2D eigenvalue weighted by atomic mass is 10.2. The second-order valence-electron chi connectivity index (χ2n) is 2.59. The van der Waals surface area contributed by atoms with E-state index in [1.165, 1.54) is 12.1 Å². The van der Waals surface area contributed by atoms with Gasteiger partial charge in [-0.05, 0) is 6.07 Å². The number of hydrogen-bond donors (Lipinski definition) is 0. The van der Waals surface area contributed by atoms with Crippen LogP contribution in [0.3, 0.4) is 0 Å². The van der Waals surface area contributed by atoms with Gasteiger partial charge in [0.1, 0.15) is 11.6 Å². The molecule has 68 valence electrons. The zero-order chi connectivity index (χ0) is 9.42. The molecule has 0 unspecified atom stereocenters. The van der Waals surface area contributed by atoms with Crippen LogP contribution >= 0.6 is 22.9 Å². The number of rotatable bonds is 1. The Labute approximate surface area is 82.8 Å². The molecule has 0 fully saturated rings. The number of benzene rings is 1. The molecule has 0 radical (unpaired) electrons. The fourth-order valence-corrected chi connectivity index (χ4v) is 2.40. The van der Waals surface area contributed by atoms with E-state index in [9.17, 15) is 8.78 Å². The van der Waals surface area contributed by atoms with Crippen molar-refractivity contribution in [2.24, 2.45) is 0 Å². The summed E-state index contributed by atoms with van der Waals surface area (Å²) in [5.74, 6) is -0.697. The van der Waals surface area contributed by atoms with Gasteiger partial charge in [0.05, 0.1) is 15.5 Å². The van der Waals surface area contributed by atoms with E-state index in [1.807, 2.05) is 0 Å². The predicted molar refractivity (Wildman–Crippen MR) is 51.3 cm³/mol. The van der Waals surface area contributed by atoms with Crippen LogP contribution in [-0.2, 0) is 5.88 Å². The maximum atomic E-state index is 13.4. The van der Waals surface area contributed by atoms with E-state index in [1.54, 1.807) is 6.07 Å². The molecule has 0 saturated heterocycles. The molecule has 0 aliphatic rings. The van der Waals surface area contributed by atoms with E-state index >= 15 is 0 Å². The Hall–Kier alpha value is -0.670. The van der Waals surface area contributed by atoms with Crippen LogP contribution in [0.4, 0.5) is 8.78 Å². The molecule has 1 aromatic carbocycles. The highest BCUT2D eigenvalue weighted by molar-refractivity contribution is 7.19. The Morgan fingerprint density at radius 3 is 2.69 bits per heavy atom. The molecule has 0 nitrogen and oxygen atoms in total. The highest BCUT2D eigenvalue weighted by Gasteiger charge is 2.13.